The fourth-order valence-corrected chi connectivity index (χ4v) is 2.82. The van der Waals surface area contributed by atoms with Gasteiger partial charge in [0.05, 0.1) is 5.01 Å². The first-order valence-electron chi connectivity index (χ1n) is 6.03. The number of nitrogens with zero attached hydrogens (tertiary/aromatic N) is 2. The Bertz CT molecular complexity index is 384. The highest BCUT2D eigenvalue weighted by atomic mass is 32.1. The molecule has 1 aromatic rings. The van der Waals surface area contributed by atoms with Crippen molar-refractivity contribution in [3.8, 4) is 0 Å². The third kappa shape index (κ3) is 3.04. The molecule has 4 nitrogen and oxygen atoms in total. The predicted octanol–water partition coefficient (Wildman–Crippen LogP) is 1.69. The van der Waals surface area contributed by atoms with Gasteiger partial charge in [-0.15, -0.1) is 11.3 Å². The molecule has 2 heterocycles. The van der Waals surface area contributed by atoms with Gasteiger partial charge in [-0.3, -0.25) is 4.79 Å². The van der Waals surface area contributed by atoms with E-state index in [-0.39, 0.29) is 12.5 Å². The Balaban J connectivity index is 1.90. The van der Waals surface area contributed by atoms with Gasteiger partial charge in [-0.05, 0) is 32.1 Å². The van der Waals surface area contributed by atoms with Gasteiger partial charge in [0.1, 0.15) is 5.69 Å². The molecule has 1 amide bonds. The summed E-state index contributed by atoms with van der Waals surface area (Å²) in [6.07, 6.45) is 2.85. The van der Waals surface area contributed by atoms with E-state index in [1.807, 2.05) is 17.2 Å². The van der Waals surface area contributed by atoms with Gasteiger partial charge in [0.2, 0.25) is 0 Å². The Morgan fingerprint density at radius 3 is 2.82 bits per heavy atom. The molecule has 94 valence electrons. The fourth-order valence-electron chi connectivity index (χ4n) is 2.23. The lowest BCUT2D eigenvalue weighted by Crippen LogP contribution is -2.38. The topological polar surface area (TPSA) is 53.4 Å². The van der Waals surface area contributed by atoms with E-state index in [2.05, 4.69) is 4.98 Å². The summed E-state index contributed by atoms with van der Waals surface area (Å²) in [4.78, 5) is 18.2. The Kier molecular flexibility index (Phi) is 4.12. The van der Waals surface area contributed by atoms with Crippen LogP contribution in [0.25, 0.3) is 0 Å². The van der Waals surface area contributed by atoms with E-state index in [0.717, 1.165) is 37.4 Å². The van der Waals surface area contributed by atoms with E-state index in [1.54, 1.807) is 0 Å². The summed E-state index contributed by atoms with van der Waals surface area (Å²) in [5.41, 5.74) is 0.577. The van der Waals surface area contributed by atoms with E-state index in [9.17, 15) is 4.79 Å². The van der Waals surface area contributed by atoms with Crippen molar-refractivity contribution in [2.24, 2.45) is 5.92 Å². The third-order valence-corrected chi connectivity index (χ3v) is 4.05. The summed E-state index contributed by atoms with van der Waals surface area (Å²) in [6.45, 7) is 3.75. The number of rotatable bonds is 3. The van der Waals surface area contributed by atoms with Crippen LogP contribution >= 0.6 is 11.3 Å². The second kappa shape index (κ2) is 5.60. The minimum atomic E-state index is 0.0526. The number of hydrogen-bond acceptors (Lipinski definition) is 4. The van der Waals surface area contributed by atoms with E-state index >= 15 is 0 Å². The molecule has 1 N–H and O–H groups in total. The number of carbonyl (C=O) groups excluding carboxylic acids is 1. The maximum Gasteiger partial charge on any atom is 0.273 e. The van der Waals surface area contributed by atoms with Crippen LogP contribution in [0, 0.1) is 12.8 Å². The molecule has 0 radical (unpaired) electrons. The highest BCUT2D eigenvalue weighted by Crippen LogP contribution is 2.21. The number of thiazole rings is 1. The van der Waals surface area contributed by atoms with Gasteiger partial charge < -0.3 is 10.0 Å². The quantitative estimate of drug-likeness (QED) is 0.893. The van der Waals surface area contributed by atoms with Crippen molar-refractivity contribution in [3.05, 3.63) is 16.1 Å². The fraction of sp³-hybridized carbons (Fsp3) is 0.667. The van der Waals surface area contributed by atoms with Crippen molar-refractivity contribution < 1.29 is 9.90 Å². The van der Waals surface area contributed by atoms with Gasteiger partial charge in [-0.25, -0.2) is 4.98 Å². The number of amides is 1. The van der Waals surface area contributed by atoms with Crippen LogP contribution in [0.15, 0.2) is 5.38 Å². The molecule has 1 aromatic heterocycles. The van der Waals surface area contributed by atoms with Crippen LogP contribution in [0.5, 0.6) is 0 Å². The van der Waals surface area contributed by atoms with Gasteiger partial charge in [0.25, 0.3) is 5.91 Å². The Morgan fingerprint density at radius 1 is 1.59 bits per heavy atom. The summed E-state index contributed by atoms with van der Waals surface area (Å²) in [7, 11) is 0. The summed E-state index contributed by atoms with van der Waals surface area (Å²) in [6, 6.07) is 0. The molecule has 0 saturated carbocycles. The minimum absolute atomic E-state index is 0.0526. The van der Waals surface area contributed by atoms with E-state index < -0.39 is 0 Å². The molecular formula is C12H18N2O2S. The number of likely N-dealkylation sites (tertiary alicyclic amines) is 1. The molecule has 0 spiro atoms. The first kappa shape index (κ1) is 12.5. The Labute approximate surface area is 105 Å². The number of aryl methyl sites for hydroxylation is 1. The number of carbonyl (C=O) groups is 1. The molecule has 1 saturated heterocycles. The van der Waals surface area contributed by atoms with E-state index in [4.69, 9.17) is 5.11 Å². The first-order valence-corrected chi connectivity index (χ1v) is 6.91. The van der Waals surface area contributed by atoms with Gasteiger partial charge in [-0.1, -0.05) is 0 Å². The summed E-state index contributed by atoms with van der Waals surface area (Å²) in [5.74, 6) is 0.623. The zero-order valence-electron chi connectivity index (χ0n) is 10.1. The molecule has 2 rings (SSSR count). The smallest absolute Gasteiger partial charge is 0.273 e. The molecule has 1 aliphatic rings. The van der Waals surface area contributed by atoms with Crippen molar-refractivity contribution in [1.29, 1.82) is 0 Å². The van der Waals surface area contributed by atoms with Crippen LogP contribution < -0.4 is 0 Å². The maximum absolute atomic E-state index is 12.1. The molecule has 0 aromatic carbocycles. The molecule has 0 atom stereocenters. The summed E-state index contributed by atoms with van der Waals surface area (Å²) < 4.78 is 0. The van der Waals surface area contributed by atoms with Crippen molar-refractivity contribution in [2.75, 3.05) is 19.7 Å². The molecule has 0 aliphatic carbocycles. The van der Waals surface area contributed by atoms with Gasteiger partial charge in [0.15, 0.2) is 0 Å². The normalized spacial score (nSPS) is 17.4. The monoisotopic (exact) mass is 254 g/mol. The number of aliphatic hydroxyl groups excluding tert-OH is 1. The van der Waals surface area contributed by atoms with Crippen molar-refractivity contribution in [3.63, 3.8) is 0 Å². The lowest BCUT2D eigenvalue weighted by molar-refractivity contribution is 0.0673. The van der Waals surface area contributed by atoms with Gasteiger partial charge >= 0.3 is 0 Å². The molecule has 1 aliphatic heterocycles. The SMILES string of the molecule is Cc1nc(C(=O)N2CCC(CCO)CC2)cs1. The van der Waals surface area contributed by atoms with E-state index in [0.29, 0.717) is 11.6 Å². The molecule has 1 fully saturated rings. The minimum Gasteiger partial charge on any atom is -0.396 e. The summed E-state index contributed by atoms with van der Waals surface area (Å²) >= 11 is 1.51. The van der Waals surface area contributed by atoms with Crippen molar-refractivity contribution in [2.45, 2.75) is 26.2 Å². The molecule has 0 unspecified atom stereocenters. The standard InChI is InChI=1S/C12H18N2O2S/c1-9-13-11(8-17-9)12(16)14-5-2-10(3-6-14)4-7-15/h8,10,15H,2-7H2,1H3. The van der Waals surface area contributed by atoms with Crippen LogP contribution in [0.2, 0.25) is 0 Å². The maximum atomic E-state index is 12.1. The van der Waals surface area contributed by atoms with Crippen LogP contribution in [0.3, 0.4) is 0 Å². The predicted molar refractivity (Wildman–Crippen MR) is 67.2 cm³/mol. The molecule has 0 bridgehead atoms. The highest BCUT2D eigenvalue weighted by molar-refractivity contribution is 7.09. The number of hydrogen-bond donors (Lipinski definition) is 1. The van der Waals surface area contributed by atoms with Crippen molar-refractivity contribution in [1.82, 2.24) is 9.88 Å². The van der Waals surface area contributed by atoms with Crippen LogP contribution in [-0.2, 0) is 0 Å². The molecular weight excluding hydrogens is 236 g/mol. The average Bonchev–Trinajstić information content (AvgIpc) is 2.76. The number of aliphatic hydroxyl groups is 1. The zero-order valence-corrected chi connectivity index (χ0v) is 10.9. The second-order valence-corrected chi connectivity index (χ2v) is 5.56. The zero-order chi connectivity index (χ0) is 12.3. The number of piperidine rings is 1. The Morgan fingerprint density at radius 2 is 2.29 bits per heavy atom. The molecule has 5 heteroatoms. The summed E-state index contributed by atoms with van der Waals surface area (Å²) in [5, 5.41) is 11.6. The van der Waals surface area contributed by atoms with Crippen molar-refractivity contribution >= 4 is 17.2 Å². The lowest BCUT2D eigenvalue weighted by atomic mass is 9.94. The van der Waals surface area contributed by atoms with E-state index in [1.165, 1.54) is 11.3 Å². The average molecular weight is 254 g/mol. The molecule has 17 heavy (non-hydrogen) atoms. The second-order valence-electron chi connectivity index (χ2n) is 4.50. The first-order chi connectivity index (χ1) is 8.20. The third-order valence-electron chi connectivity index (χ3n) is 3.28. The van der Waals surface area contributed by atoms with Crippen LogP contribution in [0.1, 0.15) is 34.8 Å². The highest BCUT2D eigenvalue weighted by Gasteiger charge is 2.24. The lowest BCUT2D eigenvalue weighted by Gasteiger charge is -2.31. The largest absolute Gasteiger partial charge is 0.396 e. The van der Waals surface area contributed by atoms with Gasteiger partial charge in [-0.2, -0.15) is 0 Å². The van der Waals surface area contributed by atoms with Crippen LogP contribution in [0.4, 0.5) is 0 Å². The van der Waals surface area contributed by atoms with Crippen LogP contribution in [-0.4, -0.2) is 40.6 Å². The Hall–Kier alpha value is -0.940. The number of aromatic nitrogens is 1. The van der Waals surface area contributed by atoms with Gasteiger partial charge in [0, 0.05) is 25.1 Å².